The molecule has 1 N–H and O–H groups in total. The number of carbonyl (C=O) groups is 1. The number of benzene rings is 2. The zero-order valence-corrected chi connectivity index (χ0v) is 16.8. The van der Waals surface area contributed by atoms with Gasteiger partial charge >= 0.3 is 0 Å². The molecule has 2 aromatic carbocycles. The van der Waals surface area contributed by atoms with Gasteiger partial charge in [-0.05, 0) is 42.2 Å². The zero-order chi connectivity index (χ0) is 19.4. The summed E-state index contributed by atoms with van der Waals surface area (Å²) in [6.45, 7) is 8.38. The number of aromatic nitrogens is 3. The molecule has 3 rings (SSSR count). The highest BCUT2D eigenvalue weighted by Gasteiger charge is 2.19. The van der Waals surface area contributed by atoms with Crippen molar-refractivity contribution in [1.82, 2.24) is 14.8 Å². The van der Waals surface area contributed by atoms with E-state index in [1.807, 2.05) is 54.0 Å². The lowest BCUT2D eigenvalue weighted by Crippen LogP contribution is -2.23. The molecule has 3 aromatic rings. The molecule has 0 saturated heterocycles. The van der Waals surface area contributed by atoms with Gasteiger partial charge in [0.2, 0.25) is 5.91 Å². The summed E-state index contributed by atoms with van der Waals surface area (Å²) in [5.74, 6) is -0.0638. The van der Waals surface area contributed by atoms with Gasteiger partial charge in [-0.2, -0.15) is 0 Å². The lowest BCUT2D eigenvalue weighted by atomic mass is 9.87. The highest BCUT2D eigenvalue weighted by Crippen LogP contribution is 2.26. The monoisotopic (exact) mass is 380 g/mol. The molecule has 1 aromatic heterocycles. The van der Waals surface area contributed by atoms with E-state index < -0.39 is 0 Å². The molecule has 0 radical (unpaired) electrons. The van der Waals surface area contributed by atoms with Gasteiger partial charge in [-0.25, -0.2) is 0 Å². The minimum absolute atomic E-state index is 0.0638. The van der Waals surface area contributed by atoms with Crippen LogP contribution in [-0.2, 0) is 10.2 Å². The molecule has 0 aliphatic carbocycles. The number of rotatable bonds is 5. The van der Waals surface area contributed by atoms with Gasteiger partial charge in [0, 0.05) is 11.4 Å². The standard InChI is InChI=1S/C21H24N4OS/c1-15(19(26)23-17-12-10-16(11-13-17)21(2,3)4)27-20-24-22-14-25(20)18-8-6-5-7-9-18/h5-15H,1-4H3,(H,23,26). The van der Waals surface area contributed by atoms with Crippen molar-refractivity contribution in [1.29, 1.82) is 0 Å². The van der Waals surface area contributed by atoms with Crippen molar-refractivity contribution in [3.63, 3.8) is 0 Å². The minimum Gasteiger partial charge on any atom is -0.325 e. The van der Waals surface area contributed by atoms with Gasteiger partial charge < -0.3 is 5.32 Å². The van der Waals surface area contributed by atoms with Crippen LogP contribution in [0.3, 0.4) is 0 Å². The number of nitrogens with zero attached hydrogens (tertiary/aromatic N) is 3. The third kappa shape index (κ3) is 4.77. The molecule has 1 heterocycles. The van der Waals surface area contributed by atoms with Crippen LogP contribution in [0.1, 0.15) is 33.3 Å². The molecule has 140 valence electrons. The second-order valence-corrected chi connectivity index (χ2v) is 8.70. The fourth-order valence-electron chi connectivity index (χ4n) is 2.58. The van der Waals surface area contributed by atoms with Crippen LogP contribution in [0.4, 0.5) is 5.69 Å². The summed E-state index contributed by atoms with van der Waals surface area (Å²) in [6.07, 6.45) is 1.66. The van der Waals surface area contributed by atoms with Gasteiger partial charge in [0.25, 0.3) is 0 Å². The van der Waals surface area contributed by atoms with Crippen molar-refractivity contribution >= 4 is 23.4 Å². The van der Waals surface area contributed by atoms with Crippen molar-refractivity contribution in [3.05, 3.63) is 66.5 Å². The summed E-state index contributed by atoms with van der Waals surface area (Å²) in [7, 11) is 0. The predicted octanol–water partition coefficient (Wildman–Crippen LogP) is 4.68. The minimum atomic E-state index is -0.307. The van der Waals surface area contributed by atoms with Gasteiger partial charge in [-0.1, -0.05) is 62.9 Å². The Morgan fingerprint density at radius 2 is 1.74 bits per heavy atom. The molecule has 1 unspecified atom stereocenters. The number of anilines is 1. The average Bonchev–Trinajstić information content (AvgIpc) is 3.10. The van der Waals surface area contributed by atoms with E-state index in [0.717, 1.165) is 11.4 Å². The summed E-state index contributed by atoms with van der Waals surface area (Å²) in [5, 5.41) is 11.5. The van der Waals surface area contributed by atoms with Crippen LogP contribution in [0.5, 0.6) is 0 Å². The first-order chi connectivity index (χ1) is 12.8. The summed E-state index contributed by atoms with van der Waals surface area (Å²) < 4.78 is 1.88. The van der Waals surface area contributed by atoms with Gasteiger partial charge in [0.15, 0.2) is 5.16 Å². The van der Waals surface area contributed by atoms with Crippen LogP contribution >= 0.6 is 11.8 Å². The number of thioether (sulfide) groups is 1. The maximum Gasteiger partial charge on any atom is 0.237 e. The molecule has 6 heteroatoms. The van der Waals surface area contributed by atoms with E-state index in [-0.39, 0.29) is 16.6 Å². The van der Waals surface area contributed by atoms with Crippen LogP contribution in [-0.4, -0.2) is 25.9 Å². The summed E-state index contributed by atoms with van der Waals surface area (Å²) >= 11 is 1.38. The first kappa shape index (κ1) is 19.2. The molecule has 1 amide bonds. The van der Waals surface area contributed by atoms with Crippen molar-refractivity contribution in [2.45, 2.75) is 43.5 Å². The van der Waals surface area contributed by atoms with Gasteiger partial charge in [0.1, 0.15) is 6.33 Å². The Kier molecular flexibility index (Phi) is 5.65. The Morgan fingerprint density at radius 3 is 2.37 bits per heavy atom. The normalized spacial score (nSPS) is 12.6. The molecule has 0 aliphatic rings. The number of hydrogen-bond donors (Lipinski definition) is 1. The smallest absolute Gasteiger partial charge is 0.237 e. The number of para-hydroxylation sites is 1. The van der Waals surface area contributed by atoms with E-state index in [4.69, 9.17) is 0 Å². The quantitative estimate of drug-likeness (QED) is 0.653. The van der Waals surface area contributed by atoms with Crippen molar-refractivity contribution in [2.75, 3.05) is 5.32 Å². The van der Waals surface area contributed by atoms with Crippen molar-refractivity contribution < 1.29 is 4.79 Å². The van der Waals surface area contributed by atoms with E-state index in [1.54, 1.807) is 6.33 Å². The Balaban J connectivity index is 1.66. The Morgan fingerprint density at radius 1 is 1.07 bits per heavy atom. The molecule has 0 aliphatic heterocycles. The largest absolute Gasteiger partial charge is 0.325 e. The summed E-state index contributed by atoms with van der Waals surface area (Å²) in [6, 6.07) is 17.8. The van der Waals surface area contributed by atoms with Gasteiger partial charge in [-0.15, -0.1) is 10.2 Å². The fraction of sp³-hybridized carbons (Fsp3) is 0.286. The topological polar surface area (TPSA) is 59.8 Å². The maximum atomic E-state index is 12.6. The third-order valence-corrected chi connectivity index (χ3v) is 5.28. The highest BCUT2D eigenvalue weighted by atomic mass is 32.2. The highest BCUT2D eigenvalue weighted by molar-refractivity contribution is 8.00. The second-order valence-electron chi connectivity index (χ2n) is 7.40. The van der Waals surface area contributed by atoms with E-state index in [9.17, 15) is 4.79 Å². The second kappa shape index (κ2) is 7.96. The molecular weight excluding hydrogens is 356 g/mol. The lowest BCUT2D eigenvalue weighted by molar-refractivity contribution is -0.115. The Labute approximate surface area is 164 Å². The predicted molar refractivity (Wildman–Crippen MR) is 110 cm³/mol. The molecular formula is C21H24N4OS. The van der Waals surface area contributed by atoms with E-state index in [1.165, 1.54) is 17.3 Å². The average molecular weight is 381 g/mol. The van der Waals surface area contributed by atoms with Crippen LogP contribution in [0.2, 0.25) is 0 Å². The van der Waals surface area contributed by atoms with Gasteiger partial charge in [0.05, 0.1) is 5.25 Å². The van der Waals surface area contributed by atoms with Crippen LogP contribution in [0, 0.1) is 0 Å². The number of amides is 1. The van der Waals surface area contributed by atoms with Crippen LogP contribution in [0.15, 0.2) is 66.1 Å². The molecule has 1 atom stereocenters. The third-order valence-electron chi connectivity index (χ3n) is 4.22. The molecule has 27 heavy (non-hydrogen) atoms. The van der Waals surface area contributed by atoms with E-state index in [0.29, 0.717) is 5.16 Å². The van der Waals surface area contributed by atoms with Crippen molar-refractivity contribution in [3.8, 4) is 5.69 Å². The fourth-order valence-corrected chi connectivity index (χ4v) is 3.42. The first-order valence-electron chi connectivity index (χ1n) is 8.88. The zero-order valence-electron chi connectivity index (χ0n) is 16.0. The van der Waals surface area contributed by atoms with Crippen molar-refractivity contribution in [2.24, 2.45) is 0 Å². The Bertz CT molecular complexity index is 898. The summed E-state index contributed by atoms with van der Waals surface area (Å²) in [4.78, 5) is 12.6. The maximum absolute atomic E-state index is 12.6. The molecule has 0 bridgehead atoms. The molecule has 5 nitrogen and oxygen atoms in total. The molecule has 0 saturated carbocycles. The Hall–Kier alpha value is -2.60. The molecule has 0 spiro atoms. The van der Waals surface area contributed by atoms with E-state index in [2.05, 4.69) is 48.4 Å². The van der Waals surface area contributed by atoms with Crippen LogP contribution in [0.25, 0.3) is 5.69 Å². The first-order valence-corrected chi connectivity index (χ1v) is 9.76. The van der Waals surface area contributed by atoms with Crippen LogP contribution < -0.4 is 5.32 Å². The number of carbonyl (C=O) groups excluding carboxylic acids is 1. The number of hydrogen-bond acceptors (Lipinski definition) is 4. The SMILES string of the molecule is CC(Sc1nncn1-c1ccccc1)C(=O)Nc1ccc(C(C)(C)C)cc1. The van der Waals surface area contributed by atoms with Gasteiger partial charge in [-0.3, -0.25) is 9.36 Å². The number of nitrogens with one attached hydrogen (secondary N) is 1. The summed E-state index contributed by atoms with van der Waals surface area (Å²) in [5.41, 5.74) is 3.09. The lowest BCUT2D eigenvalue weighted by Gasteiger charge is -2.19. The molecule has 0 fully saturated rings. The van der Waals surface area contributed by atoms with E-state index >= 15 is 0 Å².